The number of nitrogens with one attached hydrogen (secondary N) is 2. The van der Waals surface area contributed by atoms with E-state index in [-0.39, 0.29) is 18.9 Å². The maximum Gasteiger partial charge on any atom is 0.273 e. The van der Waals surface area contributed by atoms with Crippen molar-refractivity contribution in [2.75, 3.05) is 13.2 Å². The molecule has 3 aromatic carbocycles. The summed E-state index contributed by atoms with van der Waals surface area (Å²) in [7, 11) is 0. The molecule has 0 aliphatic rings. The van der Waals surface area contributed by atoms with Crippen LogP contribution in [0.25, 0.3) is 0 Å². The predicted molar refractivity (Wildman–Crippen MR) is 137 cm³/mol. The van der Waals surface area contributed by atoms with Gasteiger partial charge in [-0.05, 0) is 48.4 Å². The van der Waals surface area contributed by atoms with E-state index in [0.29, 0.717) is 46.6 Å². The lowest BCUT2D eigenvalue weighted by Crippen LogP contribution is -2.41. The molecule has 6 nitrogen and oxygen atoms in total. The summed E-state index contributed by atoms with van der Waals surface area (Å²) in [5.74, 6) is 0.0996. The lowest BCUT2D eigenvalue weighted by Gasteiger charge is -2.13. The highest BCUT2D eigenvalue weighted by Gasteiger charge is 2.14. The third-order valence-electron chi connectivity index (χ3n) is 4.69. The fourth-order valence-corrected chi connectivity index (χ4v) is 3.82. The summed E-state index contributed by atoms with van der Waals surface area (Å²) < 4.78 is 12.1. The van der Waals surface area contributed by atoms with Gasteiger partial charge >= 0.3 is 0 Å². The largest absolute Gasteiger partial charge is 0.492 e. The molecule has 0 heterocycles. The molecular formula is C25H23BrCl2N2O4. The number of carbonyl (C=O) groups is 2. The molecule has 178 valence electrons. The number of amides is 2. The van der Waals surface area contributed by atoms with Crippen LogP contribution in [0.15, 0.2) is 71.2 Å². The summed E-state index contributed by atoms with van der Waals surface area (Å²) in [6, 6.07) is 20.0. The molecule has 34 heavy (non-hydrogen) atoms. The van der Waals surface area contributed by atoms with Crippen molar-refractivity contribution in [3.05, 3.63) is 92.4 Å². The highest BCUT2D eigenvalue weighted by Crippen LogP contribution is 2.27. The van der Waals surface area contributed by atoms with Gasteiger partial charge in [0.05, 0.1) is 23.8 Å². The number of hydrazine groups is 1. The Labute approximate surface area is 216 Å². The second-order valence-corrected chi connectivity index (χ2v) is 9.01. The Hall–Kier alpha value is -2.74. The van der Waals surface area contributed by atoms with Gasteiger partial charge in [-0.2, -0.15) is 0 Å². The molecule has 0 aromatic heterocycles. The molecule has 0 fully saturated rings. The third kappa shape index (κ3) is 8.24. The minimum atomic E-state index is -0.478. The quantitative estimate of drug-likeness (QED) is 0.233. The SMILES string of the molecule is O=C(CCCOc1ccc(Cl)cc1Cl)NNC(=O)c1cc(Br)ccc1OCCc1ccccc1. The molecule has 0 spiro atoms. The first-order valence-electron chi connectivity index (χ1n) is 10.6. The zero-order valence-corrected chi connectivity index (χ0v) is 21.3. The minimum absolute atomic E-state index is 0.157. The van der Waals surface area contributed by atoms with E-state index in [2.05, 4.69) is 26.8 Å². The zero-order chi connectivity index (χ0) is 24.3. The molecule has 0 aliphatic carbocycles. The monoisotopic (exact) mass is 564 g/mol. The molecule has 0 saturated carbocycles. The molecule has 3 aromatic rings. The van der Waals surface area contributed by atoms with Crippen LogP contribution in [0, 0.1) is 0 Å². The van der Waals surface area contributed by atoms with Gasteiger partial charge in [0.2, 0.25) is 5.91 Å². The smallest absolute Gasteiger partial charge is 0.273 e. The van der Waals surface area contributed by atoms with Crippen molar-refractivity contribution >= 4 is 50.9 Å². The van der Waals surface area contributed by atoms with Crippen LogP contribution in [0.3, 0.4) is 0 Å². The zero-order valence-electron chi connectivity index (χ0n) is 18.2. The van der Waals surface area contributed by atoms with Crippen LogP contribution < -0.4 is 20.3 Å². The topological polar surface area (TPSA) is 76.7 Å². The van der Waals surface area contributed by atoms with Crippen molar-refractivity contribution < 1.29 is 19.1 Å². The minimum Gasteiger partial charge on any atom is -0.492 e. The molecule has 0 atom stereocenters. The van der Waals surface area contributed by atoms with E-state index < -0.39 is 5.91 Å². The van der Waals surface area contributed by atoms with Gasteiger partial charge in [0.15, 0.2) is 0 Å². The molecule has 0 aliphatic heterocycles. The average Bonchev–Trinajstić information content (AvgIpc) is 2.83. The number of carbonyl (C=O) groups excluding carboxylic acids is 2. The lowest BCUT2D eigenvalue weighted by molar-refractivity contribution is -0.122. The Bertz CT molecular complexity index is 1130. The van der Waals surface area contributed by atoms with E-state index in [1.165, 1.54) is 0 Å². The standard InChI is InChI=1S/C25H23BrCl2N2O4/c26-18-8-10-22(34-14-12-17-5-2-1-3-6-17)20(15-18)25(32)30-29-24(31)7-4-13-33-23-11-9-19(27)16-21(23)28/h1-3,5-6,8-11,15-16H,4,7,12-14H2,(H,29,31)(H,30,32). The molecule has 2 N–H and O–H groups in total. The maximum absolute atomic E-state index is 12.7. The van der Waals surface area contributed by atoms with Crippen molar-refractivity contribution in [2.45, 2.75) is 19.3 Å². The number of hydrogen-bond donors (Lipinski definition) is 2. The molecule has 0 radical (unpaired) electrons. The Balaban J connectivity index is 1.44. The van der Waals surface area contributed by atoms with Crippen molar-refractivity contribution in [2.24, 2.45) is 0 Å². The van der Waals surface area contributed by atoms with Crippen molar-refractivity contribution in [1.29, 1.82) is 0 Å². The maximum atomic E-state index is 12.7. The van der Waals surface area contributed by atoms with E-state index >= 15 is 0 Å². The molecule has 0 unspecified atom stereocenters. The summed E-state index contributed by atoms with van der Waals surface area (Å²) in [5.41, 5.74) is 6.30. The van der Waals surface area contributed by atoms with Crippen LogP contribution in [0.4, 0.5) is 0 Å². The van der Waals surface area contributed by atoms with E-state index in [9.17, 15) is 9.59 Å². The van der Waals surface area contributed by atoms with E-state index in [1.54, 1.807) is 36.4 Å². The summed E-state index contributed by atoms with van der Waals surface area (Å²) in [6.45, 7) is 0.698. The van der Waals surface area contributed by atoms with Gasteiger partial charge in [-0.15, -0.1) is 0 Å². The lowest BCUT2D eigenvalue weighted by atomic mass is 10.1. The molecule has 0 bridgehead atoms. The number of hydrogen-bond acceptors (Lipinski definition) is 4. The molecule has 0 saturated heterocycles. The van der Waals surface area contributed by atoms with Gasteiger partial charge in [0.1, 0.15) is 11.5 Å². The van der Waals surface area contributed by atoms with Crippen LogP contribution in [-0.2, 0) is 11.2 Å². The van der Waals surface area contributed by atoms with E-state index in [4.69, 9.17) is 32.7 Å². The van der Waals surface area contributed by atoms with Gasteiger partial charge < -0.3 is 9.47 Å². The molecular weight excluding hydrogens is 543 g/mol. The molecule has 3 rings (SSSR count). The number of ether oxygens (including phenoxy) is 2. The van der Waals surface area contributed by atoms with Crippen molar-refractivity contribution in [3.8, 4) is 11.5 Å². The average molecular weight is 566 g/mol. The number of benzene rings is 3. The summed E-state index contributed by atoms with van der Waals surface area (Å²) in [5, 5.41) is 0.919. The highest BCUT2D eigenvalue weighted by atomic mass is 79.9. The van der Waals surface area contributed by atoms with E-state index in [0.717, 1.165) is 10.0 Å². The molecule has 9 heteroatoms. The number of halogens is 3. The fraction of sp³-hybridized carbons (Fsp3) is 0.200. The first-order chi connectivity index (χ1) is 16.4. The Morgan fingerprint density at radius 1 is 0.853 bits per heavy atom. The highest BCUT2D eigenvalue weighted by molar-refractivity contribution is 9.10. The first kappa shape index (κ1) is 25.9. The Morgan fingerprint density at radius 2 is 1.59 bits per heavy atom. The van der Waals surface area contributed by atoms with Crippen LogP contribution in [-0.4, -0.2) is 25.0 Å². The van der Waals surface area contributed by atoms with Gasteiger partial charge in [-0.25, -0.2) is 0 Å². The summed E-state index contributed by atoms with van der Waals surface area (Å²) in [4.78, 5) is 24.8. The van der Waals surface area contributed by atoms with E-state index in [1.807, 2.05) is 30.3 Å². The van der Waals surface area contributed by atoms with Crippen molar-refractivity contribution in [3.63, 3.8) is 0 Å². The Kier molecular flexibility index (Phi) is 10.1. The third-order valence-corrected chi connectivity index (χ3v) is 5.72. The van der Waals surface area contributed by atoms with Crippen LogP contribution >= 0.6 is 39.1 Å². The fourth-order valence-electron chi connectivity index (χ4n) is 2.99. The van der Waals surface area contributed by atoms with Gasteiger partial charge in [0, 0.05) is 22.3 Å². The first-order valence-corrected chi connectivity index (χ1v) is 12.1. The van der Waals surface area contributed by atoms with Crippen LogP contribution in [0.2, 0.25) is 10.0 Å². The van der Waals surface area contributed by atoms with Gasteiger partial charge in [-0.3, -0.25) is 20.4 Å². The second kappa shape index (κ2) is 13.2. The van der Waals surface area contributed by atoms with Crippen LogP contribution in [0.1, 0.15) is 28.8 Å². The summed E-state index contributed by atoms with van der Waals surface area (Å²) >= 11 is 15.3. The summed E-state index contributed by atoms with van der Waals surface area (Å²) in [6.07, 6.45) is 1.30. The van der Waals surface area contributed by atoms with Gasteiger partial charge in [-0.1, -0.05) is 69.5 Å². The predicted octanol–water partition coefficient (Wildman–Crippen LogP) is 6.00. The number of rotatable bonds is 10. The second-order valence-electron chi connectivity index (χ2n) is 7.25. The Morgan fingerprint density at radius 3 is 2.35 bits per heavy atom. The normalized spacial score (nSPS) is 10.4. The van der Waals surface area contributed by atoms with Crippen molar-refractivity contribution in [1.82, 2.24) is 10.9 Å². The van der Waals surface area contributed by atoms with Gasteiger partial charge in [0.25, 0.3) is 5.91 Å². The van der Waals surface area contributed by atoms with Crippen LogP contribution in [0.5, 0.6) is 11.5 Å². The molecule has 2 amide bonds.